The van der Waals surface area contributed by atoms with Crippen LogP contribution in [0.15, 0.2) is 108 Å². The summed E-state index contributed by atoms with van der Waals surface area (Å²) in [4.78, 5) is 30.7. The van der Waals surface area contributed by atoms with Gasteiger partial charge in [-0.25, -0.2) is 8.42 Å². The number of anilines is 1. The van der Waals surface area contributed by atoms with Gasteiger partial charge in [0.25, 0.3) is 10.0 Å². The Morgan fingerprint density at radius 2 is 1.43 bits per heavy atom. The van der Waals surface area contributed by atoms with Crippen molar-refractivity contribution < 1.29 is 18.0 Å². The minimum Gasteiger partial charge on any atom is -0.352 e. The number of carbonyl (C=O) groups excluding carboxylic acids is 2. The van der Waals surface area contributed by atoms with Gasteiger partial charge in [0.05, 0.1) is 10.6 Å². The van der Waals surface area contributed by atoms with Gasteiger partial charge in [0.1, 0.15) is 12.6 Å². The molecule has 5 rings (SSSR count). The third-order valence-electron chi connectivity index (χ3n) is 9.06. The number of nitrogens with zero attached hydrogens (tertiary/aromatic N) is 2. The molecule has 1 fully saturated rings. The maximum Gasteiger partial charge on any atom is 0.264 e. The largest absolute Gasteiger partial charge is 0.352 e. The molecule has 4 aromatic rings. The monoisotopic (exact) mass is 651 g/mol. The summed E-state index contributed by atoms with van der Waals surface area (Å²) in [5.74, 6) is -0.667. The van der Waals surface area contributed by atoms with Gasteiger partial charge in [0.15, 0.2) is 0 Å². The normalized spacial score (nSPS) is 14.3. The second kappa shape index (κ2) is 15.4. The summed E-state index contributed by atoms with van der Waals surface area (Å²) in [5, 5.41) is 3.27. The van der Waals surface area contributed by atoms with Crippen molar-refractivity contribution in [3.05, 3.63) is 131 Å². The Hall–Kier alpha value is -4.43. The molecule has 8 heteroatoms. The fraction of sp³-hybridized carbons (Fsp3) is 0.333. The lowest BCUT2D eigenvalue weighted by Gasteiger charge is -2.35. The number of rotatable bonds is 12. The van der Waals surface area contributed by atoms with E-state index in [0.29, 0.717) is 12.1 Å². The molecule has 47 heavy (non-hydrogen) atoms. The van der Waals surface area contributed by atoms with Crippen molar-refractivity contribution in [2.45, 2.75) is 82.8 Å². The van der Waals surface area contributed by atoms with E-state index in [4.69, 9.17) is 0 Å². The molecular weight excluding hydrogens is 607 g/mol. The van der Waals surface area contributed by atoms with Gasteiger partial charge in [-0.05, 0) is 74.1 Å². The van der Waals surface area contributed by atoms with Gasteiger partial charge in [-0.2, -0.15) is 0 Å². The molecule has 1 atom stereocenters. The smallest absolute Gasteiger partial charge is 0.264 e. The highest BCUT2D eigenvalue weighted by molar-refractivity contribution is 7.92. The van der Waals surface area contributed by atoms with Crippen molar-refractivity contribution in [2.24, 2.45) is 0 Å². The number of hydrogen-bond donors (Lipinski definition) is 1. The first-order valence-corrected chi connectivity index (χ1v) is 17.9. The third-order valence-corrected chi connectivity index (χ3v) is 10.8. The average Bonchev–Trinajstić information content (AvgIpc) is 3.07. The molecule has 4 aromatic carbocycles. The Balaban J connectivity index is 1.58. The highest BCUT2D eigenvalue weighted by Crippen LogP contribution is 2.29. The van der Waals surface area contributed by atoms with Crippen molar-refractivity contribution >= 4 is 27.5 Å². The van der Waals surface area contributed by atoms with Gasteiger partial charge in [-0.3, -0.25) is 13.9 Å². The van der Waals surface area contributed by atoms with E-state index in [2.05, 4.69) is 5.32 Å². The van der Waals surface area contributed by atoms with Gasteiger partial charge in [-0.1, -0.05) is 110 Å². The zero-order valence-corrected chi connectivity index (χ0v) is 28.4. The molecule has 0 aliphatic heterocycles. The van der Waals surface area contributed by atoms with E-state index in [9.17, 15) is 18.0 Å². The lowest BCUT2D eigenvalue weighted by Crippen LogP contribution is -2.55. The first-order chi connectivity index (χ1) is 22.6. The minimum atomic E-state index is -4.14. The number of carbonyl (C=O) groups is 2. The summed E-state index contributed by atoms with van der Waals surface area (Å²) in [6.07, 6.45) is 5.38. The maximum absolute atomic E-state index is 14.8. The number of hydrogen-bond acceptors (Lipinski definition) is 4. The van der Waals surface area contributed by atoms with Crippen LogP contribution in [0.2, 0.25) is 0 Å². The molecule has 1 aliphatic carbocycles. The number of benzene rings is 4. The summed E-state index contributed by atoms with van der Waals surface area (Å²) in [5.41, 5.74) is 4.95. The van der Waals surface area contributed by atoms with Crippen LogP contribution in [0.3, 0.4) is 0 Å². The molecule has 0 heterocycles. The Morgan fingerprint density at radius 1 is 0.787 bits per heavy atom. The fourth-order valence-electron chi connectivity index (χ4n) is 6.39. The molecule has 0 saturated heterocycles. The molecule has 1 saturated carbocycles. The quantitative estimate of drug-likeness (QED) is 0.181. The van der Waals surface area contributed by atoms with Crippen LogP contribution >= 0.6 is 0 Å². The van der Waals surface area contributed by atoms with Crippen molar-refractivity contribution in [3.63, 3.8) is 0 Å². The van der Waals surface area contributed by atoms with Crippen LogP contribution in [0, 0.1) is 20.8 Å². The van der Waals surface area contributed by atoms with E-state index in [1.165, 1.54) is 16.4 Å². The topological polar surface area (TPSA) is 86.8 Å². The van der Waals surface area contributed by atoms with Crippen molar-refractivity contribution in [2.75, 3.05) is 10.8 Å². The Bertz CT molecular complexity index is 1770. The second-order valence-corrected chi connectivity index (χ2v) is 14.5. The SMILES string of the molecule is Cc1ccc(N(CC(=O)N(Cc2ccccc2C)[C@H](Cc2ccccc2)C(=O)NC2CCCCC2)S(=O)(=O)c2ccccc2)c(C)c1. The van der Waals surface area contributed by atoms with E-state index < -0.39 is 28.5 Å². The molecule has 0 aromatic heterocycles. The van der Waals surface area contributed by atoms with E-state index in [-0.39, 0.29) is 23.4 Å². The zero-order valence-electron chi connectivity index (χ0n) is 27.6. The van der Waals surface area contributed by atoms with E-state index in [1.807, 2.05) is 87.5 Å². The summed E-state index contributed by atoms with van der Waals surface area (Å²) in [7, 11) is -4.14. The molecule has 1 N–H and O–H groups in total. The number of sulfonamides is 1. The predicted molar refractivity (Wildman–Crippen MR) is 188 cm³/mol. The van der Waals surface area contributed by atoms with Gasteiger partial charge >= 0.3 is 0 Å². The third kappa shape index (κ3) is 8.49. The molecular formula is C39H45N3O4S. The van der Waals surface area contributed by atoms with Gasteiger partial charge < -0.3 is 10.2 Å². The van der Waals surface area contributed by atoms with Crippen LogP contribution in [0.5, 0.6) is 0 Å². The van der Waals surface area contributed by atoms with E-state index in [1.54, 1.807) is 29.2 Å². The lowest BCUT2D eigenvalue weighted by molar-refractivity contribution is -0.140. The van der Waals surface area contributed by atoms with Gasteiger partial charge in [0.2, 0.25) is 11.8 Å². The minimum absolute atomic E-state index is 0.0510. The lowest BCUT2D eigenvalue weighted by atomic mass is 9.94. The number of nitrogens with one attached hydrogen (secondary N) is 1. The van der Waals surface area contributed by atoms with Crippen LogP contribution in [0.4, 0.5) is 5.69 Å². The van der Waals surface area contributed by atoms with Crippen molar-refractivity contribution in [1.82, 2.24) is 10.2 Å². The molecule has 0 spiro atoms. The molecule has 7 nitrogen and oxygen atoms in total. The van der Waals surface area contributed by atoms with Crippen LogP contribution < -0.4 is 9.62 Å². The van der Waals surface area contributed by atoms with Crippen LogP contribution in [-0.4, -0.2) is 43.8 Å². The number of aryl methyl sites for hydroxylation is 3. The summed E-state index contributed by atoms with van der Waals surface area (Å²) in [6.45, 7) is 5.47. The number of amides is 2. The van der Waals surface area contributed by atoms with Crippen LogP contribution in [0.1, 0.15) is 59.9 Å². The standard InChI is InChI=1S/C39H45N3O4S/c1-29-23-24-36(31(3)25-29)42(47(45,46)35-21-11-6-12-22-35)28-38(43)41(27-33-18-14-13-15-30(33)2)37(26-32-16-7-4-8-17-32)39(44)40-34-19-9-5-10-20-34/h4,6-8,11-18,21-25,34,37H,5,9-10,19-20,26-28H2,1-3H3,(H,40,44)/t37-/m1/s1. The predicted octanol–water partition coefficient (Wildman–Crippen LogP) is 6.90. The first kappa shape index (κ1) is 33.9. The molecule has 2 amide bonds. The maximum atomic E-state index is 14.8. The summed E-state index contributed by atoms with van der Waals surface area (Å²) >= 11 is 0. The summed E-state index contributed by atoms with van der Waals surface area (Å²) in [6, 6.07) is 30.4. The molecule has 1 aliphatic rings. The van der Waals surface area contributed by atoms with Gasteiger partial charge in [-0.15, -0.1) is 0 Å². The van der Waals surface area contributed by atoms with Crippen molar-refractivity contribution in [3.8, 4) is 0 Å². The van der Waals surface area contributed by atoms with Crippen molar-refractivity contribution in [1.29, 1.82) is 0 Å². The molecule has 0 unspecified atom stereocenters. The highest BCUT2D eigenvalue weighted by Gasteiger charge is 2.36. The molecule has 0 radical (unpaired) electrons. The molecule has 0 bridgehead atoms. The average molecular weight is 652 g/mol. The summed E-state index contributed by atoms with van der Waals surface area (Å²) < 4.78 is 29.7. The Morgan fingerprint density at radius 3 is 2.09 bits per heavy atom. The second-order valence-electron chi connectivity index (χ2n) is 12.6. The molecule has 246 valence electrons. The first-order valence-electron chi connectivity index (χ1n) is 16.5. The zero-order chi connectivity index (χ0) is 33.4. The van der Waals surface area contributed by atoms with Gasteiger partial charge in [0, 0.05) is 19.0 Å². The van der Waals surface area contributed by atoms with Crippen LogP contribution in [-0.2, 0) is 32.6 Å². The van der Waals surface area contributed by atoms with E-state index in [0.717, 1.165) is 59.9 Å². The van der Waals surface area contributed by atoms with E-state index >= 15 is 0 Å². The van der Waals surface area contributed by atoms with Crippen LogP contribution in [0.25, 0.3) is 0 Å². The fourth-order valence-corrected chi connectivity index (χ4v) is 7.89. The Labute approximate surface area is 279 Å². The Kier molecular flexibility index (Phi) is 11.1. The highest BCUT2D eigenvalue weighted by atomic mass is 32.2.